The molecule has 1 atom stereocenters. The van der Waals surface area contributed by atoms with Gasteiger partial charge in [0, 0.05) is 30.6 Å². The lowest BCUT2D eigenvalue weighted by molar-refractivity contribution is -0.126. The molecule has 3 N–H and O–H groups in total. The number of hydrogen-bond donors (Lipinski definition) is 2. The minimum absolute atomic E-state index is 0.150. The van der Waals surface area contributed by atoms with Crippen molar-refractivity contribution in [3.8, 4) is 10.6 Å². The molecule has 1 aromatic heterocycles. The van der Waals surface area contributed by atoms with Gasteiger partial charge in [0.15, 0.2) is 10.5 Å². The zero-order valence-corrected chi connectivity index (χ0v) is 20.3. The fourth-order valence-electron chi connectivity index (χ4n) is 4.26. The number of ether oxygens (including phenoxy) is 2. The first-order valence-corrected chi connectivity index (χ1v) is 12.7. The molecule has 184 valence electrons. The van der Waals surface area contributed by atoms with Crippen molar-refractivity contribution in [1.82, 2.24) is 20.4 Å². The van der Waals surface area contributed by atoms with Crippen molar-refractivity contribution in [2.75, 3.05) is 39.5 Å². The van der Waals surface area contributed by atoms with Gasteiger partial charge in [-0.15, -0.1) is 10.2 Å². The van der Waals surface area contributed by atoms with E-state index in [4.69, 9.17) is 15.2 Å². The lowest BCUT2D eigenvalue weighted by Crippen LogP contribution is -2.53. The Kier molecular flexibility index (Phi) is 6.94. The number of morpholine rings is 1. The normalized spacial score (nSPS) is 22.7. The van der Waals surface area contributed by atoms with E-state index in [1.54, 1.807) is 12.2 Å². The Hall–Kier alpha value is -3.08. The van der Waals surface area contributed by atoms with Crippen LogP contribution in [0.3, 0.4) is 0 Å². The minimum Gasteiger partial charge on any atom is -0.495 e. The van der Waals surface area contributed by atoms with Gasteiger partial charge in [-0.1, -0.05) is 47.7 Å². The first-order valence-electron chi connectivity index (χ1n) is 11.9. The summed E-state index contributed by atoms with van der Waals surface area (Å²) in [4.78, 5) is 27.6. The third-order valence-corrected chi connectivity index (χ3v) is 7.57. The highest BCUT2D eigenvalue weighted by atomic mass is 32.1. The predicted octanol–water partition coefficient (Wildman–Crippen LogP) is 1.97. The predicted molar refractivity (Wildman–Crippen MR) is 131 cm³/mol. The van der Waals surface area contributed by atoms with Crippen molar-refractivity contribution >= 4 is 23.2 Å². The first-order chi connectivity index (χ1) is 17.0. The van der Waals surface area contributed by atoms with Gasteiger partial charge in [-0.25, -0.2) is 0 Å². The zero-order chi connectivity index (χ0) is 24.3. The molecule has 1 unspecified atom stereocenters. The molecule has 0 spiro atoms. The number of nitrogens with one attached hydrogen (secondary N) is 1. The molecular weight excluding hydrogens is 466 g/mol. The number of primary amides is 1. The number of allylic oxidation sites excluding steroid dienone is 2. The van der Waals surface area contributed by atoms with E-state index in [9.17, 15) is 9.59 Å². The van der Waals surface area contributed by atoms with Crippen molar-refractivity contribution < 1.29 is 19.1 Å². The number of amides is 2. The Morgan fingerprint density at radius 1 is 1.17 bits per heavy atom. The van der Waals surface area contributed by atoms with Gasteiger partial charge in [0.2, 0.25) is 11.8 Å². The number of benzene rings is 1. The number of carbonyl (C=O) groups excluding carboxylic acids is 2. The molecule has 2 heterocycles. The van der Waals surface area contributed by atoms with Crippen LogP contribution in [0.1, 0.15) is 24.3 Å². The lowest BCUT2D eigenvalue weighted by Gasteiger charge is -2.37. The molecule has 10 heteroatoms. The maximum Gasteiger partial charge on any atom is 0.244 e. The van der Waals surface area contributed by atoms with E-state index in [2.05, 4.69) is 15.5 Å². The second-order valence-corrected chi connectivity index (χ2v) is 10.1. The van der Waals surface area contributed by atoms with Crippen molar-refractivity contribution in [2.45, 2.75) is 24.8 Å². The summed E-state index contributed by atoms with van der Waals surface area (Å²) in [7, 11) is 0. The lowest BCUT2D eigenvalue weighted by atomic mass is 9.84. The Morgan fingerprint density at radius 2 is 1.94 bits per heavy atom. The molecule has 1 saturated carbocycles. The monoisotopic (exact) mass is 495 g/mol. The highest BCUT2D eigenvalue weighted by Gasteiger charge is 2.46. The second-order valence-electron chi connectivity index (χ2n) is 9.14. The first kappa shape index (κ1) is 23.7. The summed E-state index contributed by atoms with van der Waals surface area (Å²) < 4.78 is 11.7. The van der Waals surface area contributed by atoms with E-state index in [0.717, 1.165) is 23.4 Å². The fraction of sp³-hybridized carbons (Fsp3) is 0.440. The standard InChI is InChI=1S/C25H29N5O4S/c26-22(32)19-8-9-20(34-16-17-6-7-17)25(14-19,27-21(31)15-30-10-12-33-13-11-30)24-29-28-23(35-24)18-4-2-1-3-5-18/h1-5,8-9,17H,6-7,10-16H2,(H2,26,32)(H,27,31). The summed E-state index contributed by atoms with van der Waals surface area (Å²) >= 11 is 1.38. The van der Waals surface area contributed by atoms with Crippen LogP contribution in [-0.2, 0) is 24.6 Å². The van der Waals surface area contributed by atoms with E-state index in [-0.39, 0.29) is 18.9 Å². The Balaban J connectivity index is 1.50. The molecule has 0 bridgehead atoms. The Morgan fingerprint density at radius 3 is 2.66 bits per heavy atom. The van der Waals surface area contributed by atoms with Crippen molar-refractivity contribution in [3.63, 3.8) is 0 Å². The number of carbonyl (C=O) groups is 2. The van der Waals surface area contributed by atoms with E-state index < -0.39 is 11.4 Å². The molecule has 2 amide bonds. The largest absolute Gasteiger partial charge is 0.495 e. The van der Waals surface area contributed by atoms with Gasteiger partial charge >= 0.3 is 0 Å². The summed E-state index contributed by atoms with van der Waals surface area (Å²) in [6.45, 7) is 3.33. The van der Waals surface area contributed by atoms with Crippen LogP contribution in [0.5, 0.6) is 0 Å². The maximum absolute atomic E-state index is 13.4. The second kappa shape index (κ2) is 10.3. The molecule has 1 saturated heterocycles. The number of nitrogens with two attached hydrogens (primary N) is 1. The molecular formula is C25H29N5O4S. The van der Waals surface area contributed by atoms with Gasteiger partial charge in [-0.2, -0.15) is 0 Å². The highest BCUT2D eigenvalue weighted by Crippen LogP contribution is 2.43. The molecule has 2 aromatic rings. The van der Waals surface area contributed by atoms with Crippen LogP contribution in [0, 0.1) is 5.92 Å². The van der Waals surface area contributed by atoms with Crippen LogP contribution in [0.2, 0.25) is 0 Å². The number of nitrogens with zero attached hydrogens (tertiary/aromatic N) is 3. The molecule has 5 rings (SSSR count). The topological polar surface area (TPSA) is 120 Å². The van der Waals surface area contributed by atoms with Gasteiger partial charge in [-0.05, 0) is 24.8 Å². The summed E-state index contributed by atoms with van der Waals surface area (Å²) in [5.41, 5.74) is 5.83. The van der Waals surface area contributed by atoms with Crippen LogP contribution in [-0.4, -0.2) is 66.4 Å². The average Bonchev–Trinajstić information content (AvgIpc) is 3.56. The van der Waals surface area contributed by atoms with E-state index in [0.29, 0.717) is 55.2 Å². The van der Waals surface area contributed by atoms with Crippen LogP contribution in [0.4, 0.5) is 0 Å². The minimum atomic E-state index is -1.16. The Labute approximate surface area is 208 Å². The molecule has 2 fully saturated rings. The smallest absolute Gasteiger partial charge is 0.244 e. The quantitative estimate of drug-likeness (QED) is 0.546. The van der Waals surface area contributed by atoms with Crippen molar-refractivity contribution in [1.29, 1.82) is 0 Å². The third kappa shape index (κ3) is 5.44. The molecule has 9 nitrogen and oxygen atoms in total. The van der Waals surface area contributed by atoms with E-state index in [1.807, 2.05) is 35.2 Å². The molecule has 1 aliphatic heterocycles. The molecule has 0 radical (unpaired) electrons. The van der Waals surface area contributed by atoms with Crippen LogP contribution in [0.15, 0.2) is 53.8 Å². The van der Waals surface area contributed by atoms with Crippen LogP contribution < -0.4 is 11.1 Å². The molecule has 2 aliphatic carbocycles. The van der Waals surface area contributed by atoms with Gasteiger partial charge < -0.3 is 20.5 Å². The van der Waals surface area contributed by atoms with Crippen molar-refractivity contribution in [3.05, 3.63) is 58.8 Å². The number of rotatable bonds is 9. The molecule has 35 heavy (non-hydrogen) atoms. The van der Waals surface area contributed by atoms with Crippen molar-refractivity contribution in [2.24, 2.45) is 11.7 Å². The number of hydrogen-bond acceptors (Lipinski definition) is 8. The van der Waals surface area contributed by atoms with E-state index in [1.165, 1.54) is 11.3 Å². The maximum atomic E-state index is 13.4. The van der Waals surface area contributed by atoms with Gasteiger partial charge in [0.05, 0.1) is 26.4 Å². The van der Waals surface area contributed by atoms with Crippen LogP contribution in [0.25, 0.3) is 10.6 Å². The highest BCUT2D eigenvalue weighted by molar-refractivity contribution is 7.14. The summed E-state index contributed by atoms with van der Waals surface area (Å²) in [6.07, 6.45) is 5.82. The van der Waals surface area contributed by atoms with E-state index >= 15 is 0 Å². The van der Waals surface area contributed by atoms with Gasteiger partial charge in [0.25, 0.3) is 0 Å². The van der Waals surface area contributed by atoms with Gasteiger partial charge in [0.1, 0.15) is 10.8 Å². The summed E-state index contributed by atoms with van der Waals surface area (Å²) in [5.74, 6) is 0.339. The summed E-state index contributed by atoms with van der Waals surface area (Å²) in [6, 6.07) is 9.74. The summed E-state index contributed by atoms with van der Waals surface area (Å²) in [5, 5.41) is 13.4. The Bertz CT molecular complexity index is 1140. The molecule has 3 aliphatic rings. The number of aromatic nitrogens is 2. The average molecular weight is 496 g/mol. The zero-order valence-electron chi connectivity index (χ0n) is 19.4. The third-order valence-electron chi connectivity index (χ3n) is 6.43. The molecule has 1 aromatic carbocycles. The van der Waals surface area contributed by atoms with Crippen LogP contribution >= 0.6 is 11.3 Å². The van der Waals surface area contributed by atoms with Gasteiger partial charge in [-0.3, -0.25) is 14.5 Å². The fourth-order valence-corrected chi connectivity index (χ4v) is 5.25. The SMILES string of the molecule is NC(=O)C1=CC=C(OCC2CC2)C(NC(=O)CN2CCOCC2)(c2nnc(-c3ccccc3)s2)C1.